The minimum atomic E-state index is 0.723. The molecule has 2 nitrogen and oxygen atoms in total. The first-order chi connectivity index (χ1) is 5.29. The Morgan fingerprint density at radius 1 is 1.45 bits per heavy atom. The summed E-state index contributed by atoms with van der Waals surface area (Å²) in [4.78, 5) is 4.25. The number of rotatable bonds is 0. The number of hydrogen-bond donors (Lipinski definition) is 0. The minimum Gasteiger partial charge on any atom is -0.303 e. The van der Waals surface area contributed by atoms with Crippen LogP contribution in [0.1, 0.15) is 11.4 Å². The molecule has 0 saturated carbocycles. The van der Waals surface area contributed by atoms with Gasteiger partial charge in [0.1, 0.15) is 5.65 Å². The van der Waals surface area contributed by atoms with E-state index in [1.165, 1.54) is 0 Å². The lowest BCUT2D eigenvalue weighted by Gasteiger charge is -1.92. The fraction of sp³-hybridized carbons (Fsp3) is 0.111. The Bertz CT molecular complexity index is 387. The molecule has 0 aliphatic heterocycles. The maximum absolute atomic E-state index is 5.74. The van der Waals surface area contributed by atoms with Crippen molar-refractivity contribution in [3.8, 4) is 0 Å². The monoisotopic (exact) mass is 144 g/mol. The van der Waals surface area contributed by atoms with E-state index in [1.807, 2.05) is 35.7 Å². The molecule has 0 amide bonds. The summed E-state index contributed by atoms with van der Waals surface area (Å²) in [6.07, 6.45) is 1.91. The van der Waals surface area contributed by atoms with Crippen LogP contribution in [0.3, 0.4) is 0 Å². The largest absolute Gasteiger partial charge is 0.303 e. The molecule has 0 aromatic carbocycles. The molecule has 0 atom stereocenters. The first-order valence-electron chi connectivity index (χ1n) is 3.48. The van der Waals surface area contributed by atoms with Crippen molar-refractivity contribution in [1.82, 2.24) is 9.38 Å². The van der Waals surface area contributed by atoms with Crippen LogP contribution < -0.4 is 0 Å². The molecule has 0 spiro atoms. The molecule has 54 valence electrons. The number of pyridine rings is 1. The number of hydrogen-bond acceptors (Lipinski definition) is 1. The molecule has 0 fully saturated rings. The fourth-order valence-electron chi connectivity index (χ4n) is 1.13. The van der Waals surface area contributed by atoms with Crippen LogP contribution in [0.2, 0.25) is 0 Å². The second kappa shape index (κ2) is 2.09. The Morgan fingerprint density at radius 3 is 3.00 bits per heavy atom. The smallest absolute Gasteiger partial charge is 0.137 e. The van der Waals surface area contributed by atoms with Crippen LogP contribution >= 0.6 is 0 Å². The highest BCUT2D eigenvalue weighted by Crippen LogP contribution is 2.08. The van der Waals surface area contributed by atoms with E-state index in [1.54, 1.807) is 0 Å². The molecule has 2 heterocycles. The molecule has 0 N–H and O–H groups in total. The van der Waals surface area contributed by atoms with Gasteiger partial charge in [0.15, 0.2) is 0 Å². The van der Waals surface area contributed by atoms with Crippen LogP contribution in [-0.2, 0) is 0 Å². The lowest BCUT2D eigenvalue weighted by molar-refractivity contribution is 1.14. The molecule has 2 heteroatoms. The Morgan fingerprint density at radius 2 is 2.27 bits per heavy atom. The molecule has 2 aromatic rings. The SMILES string of the molecule is [CH]c1c(C)nc2ccccn12. The molecule has 0 aliphatic carbocycles. The van der Waals surface area contributed by atoms with E-state index in [2.05, 4.69) is 4.98 Å². The van der Waals surface area contributed by atoms with Gasteiger partial charge in [0, 0.05) is 18.8 Å². The van der Waals surface area contributed by atoms with Crippen molar-refractivity contribution in [2.75, 3.05) is 0 Å². The Kier molecular flexibility index (Phi) is 1.22. The zero-order chi connectivity index (χ0) is 7.84. The minimum absolute atomic E-state index is 0.723. The van der Waals surface area contributed by atoms with Crippen molar-refractivity contribution in [1.29, 1.82) is 0 Å². The Hall–Kier alpha value is -1.31. The molecule has 0 unspecified atom stereocenters. The van der Waals surface area contributed by atoms with E-state index in [9.17, 15) is 0 Å². The maximum Gasteiger partial charge on any atom is 0.137 e. The summed E-state index contributed by atoms with van der Waals surface area (Å²) in [5, 5.41) is 0. The third-order valence-corrected chi connectivity index (χ3v) is 1.75. The van der Waals surface area contributed by atoms with Gasteiger partial charge in [-0.05, 0) is 19.1 Å². The van der Waals surface area contributed by atoms with Crippen molar-refractivity contribution in [2.45, 2.75) is 6.92 Å². The lowest BCUT2D eigenvalue weighted by atomic mass is 10.4. The lowest BCUT2D eigenvalue weighted by Crippen LogP contribution is -1.84. The standard InChI is InChI=1S/C9H8N2/c1-7-8(2)11-6-4-3-5-9(11)10-7/h2-6H,1H3. The van der Waals surface area contributed by atoms with Gasteiger partial charge in [0.25, 0.3) is 0 Å². The second-order valence-corrected chi connectivity index (χ2v) is 2.51. The third kappa shape index (κ3) is 0.827. The van der Waals surface area contributed by atoms with Gasteiger partial charge in [0.2, 0.25) is 0 Å². The molecule has 2 aromatic heterocycles. The highest BCUT2D eigenvalue weighted by atomic mass is 15.0. The number of aryl methyl sites for hydroxylation is 1. The molecule has 0 bridgehead atoms. The van der Waals surface area contributed by atoms with Crippen LogP contribution in [0.25, 0.3) is 5.65 Å². The number of fused-ring (bicyclic) bond motifs is 1. The summed E-state index contributed by atoms with van der Waals surface area (Å²) < 4.78 is 1.87. The second-order valence-electron chi connectivity index (χ2n) is 2.51. The van der Waals surface area contributed by atoms with Gasteiger partial charge in [0.05, 0.1) is 5.69 Å². The van der Waals surface area contributed by atoms with Gasteiger partial charge in [-0.25, -0.2) is 4.98 Å². The first-order valence-corrected chi connectivity index (χ1v) is 3.48. The maximum atomic E-state index is 5.74. The molecule has 0 aliphatic rings. The number of nitrogens with zero attached hydrogens (tertiary/aromatic N) is 2. The highest BCUT2D eigenvalue weighted by molar-refractivity contribution is 5.43. The van der Waals surface area contributed by atoms with Gasteiger partial charge in [-0.1, -0.05) is 6.07 Å². The number of aromatic nitrogens is 2. The average Bonchev–Trinajstić information content (AvgIpc) is 2.30. The van der Waals surface area contributed by atoms with Crippen LogP contribution in [0.5, 0.6) is 0 Å². The van der Waals surface area contributed by atoms with Gasteiger partial charge < -0.3 is 4.40 Å². The van der Waals surface area contributed by atoms with E-state index >= 15 is 0 Å². The Balaban J connectivity index is 2.92. The zero-order valence-corrected chi connectivity index (χ0v) is 6.28. The van der Waals surface area contributed by atoms with E-state index in [0.717, 1.165) is 17.0 Å². The zero-order valence-electron chi connectivity index (χ0n) is 6.28. The molecule has 11 heavy (non-hydrogen) atoms. The van der Waals surface area contributed by atoms with E-state index < -0.39 is 0 Å². The number of imidazole rings is 1. The predicted octanol–water partition coefficient (Wildman–Crippen LogP) is 1.70. The van der Waals surface area contributed by atoms with Crippen LogP contribution in [0.15, 0.2) is 24.4 Å². The van der Waals surface area contributed by atoms with Crippen molar-refractivity contribution in [3.05, 3.63) is 42.7 Å². The summed E-state index contributed by atoms with van der Waals surface area (Å²) in [6.45, 7) is 7.64. The molecular weight excluding hydrogens is 136 g/mol. The van der Waals surface area contributed by atoms with Gasteiger partial charge >= 0.3 is 0 Å². The fourth-order valence-corrected chi connectivity index (χ4v) is 1.13. The summed E-state index contributed by atoms with van der Waals surface area (Å²) in [5.41, 5.74) is 2.51. The quantitative estimate of drug-likeness (QED) is 0.550. The molecule has 0 saturated heterocycles. The molecular formula is C9H8N2. The van der Waals surface area contributed by atoms with Crippen LogP contribution in [0.4, 0.5) is 0 Å². The third-order valence-electron chi connectivity index (χ3n) is 1.75. The van der Waals surface area contributed by atoms with Crippen molar-refractivity contribution >= 4 is 5.65 Å². The summed E-state index contributed by atoms with van der Waals surface area (Å²) in [6, 6.07) is 5.81. The van der Waals surface area contributed by atoms with E-state index in [0.29, 0.717) is 0 Å². The van der Waals surface area contributed by atoms with Gasteiger partial charge in [-0.2, -0.15) is 0 Å². The van der Waals surface area contributed by atoms with E-state index in [4.69, 9.17) is 6.92 Å². The first kappa shape index (κ1) is 6.40. The van der Waals surface area contributed by atoms with Crippen molar-refractivity contribution in [2.24, 2.45) is 0 Å². The summed E-state index contributed by atoms with van der Waals surface area (Å²) in [7, 11) is 0. The van der Waals surface area contributed by atoms with Crippen molar-refractivity contribution < 1.29 is 0 Å². The average molecular weight is 144 g/mol. The highest BCUT2D eigenvalue weighted by Gasteiger charge is 2.00. The van der Waals surface area contributed by atoms with Crippen molar-refractivity contribution in [3.63, 3.8) is 0 Å². The molecule has 2 radical (unpaired) electrons. The van der Waals surface area contributed by atoms with Gasteiger partial charge in [-0.3, -0.25) is 0 Å². The van der Waals surface area contributed by atoms with E-state index in [-0.39, 0.29) is 0 Å². The predicted molar refractivity (Wildman–Crippen MR) is 43.3 cm³/mol. The van der Waals surface area contributed by atoms with Crippen LogP contribution in [0, 0.1) is 13.8 Å². The normalized spacial score (nSPS) is 10.7. The summed E-state index contributed by atoms with van der Waals surface area (Å²) in [5.74, 6) is 0. The Labute approximate surface area is 65.5 Å². The summed E-state index contributed by atoms with van der Waals surface area (Å²) >= 11 is 0. The topological polar surface area (TPSA) is 17.3 Å². The molecule has 2 rings (SSSR count). The van der Waals surface area contributed by atoms with Gasteiger partial charge in [-0.15, -0.1) is 0 Å². The van der Waals surface area contributed by atoms with Crippen LogP contribution in [-0.4, -0.2) is 9.38 Å².